The molecule has 5 aromatic rings. The summed E-state index contributed by atoms with van der Waals surface area (Å²) >= 11 is 1.95. The van der Waals surface area contributed by atoms with Crippen molar-refractivity contribution in [1.29, 1.82) is 0 Å². The van der Waals surface area contributed by atoms with Gasteiger partial charge in [-0.3, -0.25) is 0 Å². The average Bonchev–Trinajstić information content (AvgIpc) is 3.56. The van der Waals surface area contributed by atoms with E-state index in [-0.39, 0.29) is 10.8 Å². The topological polar surface area (TPSA) is 6.25 Å². The molecule has 0 atom stereocenters. The van der Waals surface area contributed by atoms with E-state index in [1.165, 1.54) is 102 Å². The number of benzene rings is 5. The molecule has 0 unspecified atom stereocenters. The number of nitrogens with zero attached hydrogens (tertiary/aromatic N) is 2. The van der Waals surface area contributed by atoms with E-state index in [1.807, 2.05) is 11.8 Å². The van der Waals surface area contributed by atoms with Gasteiger partial charge in [0, 0.05) is 57.3 Å². The number of hydrogen-bond donors (Lipinski definition) is 0. The molecule has 0 aromatic heterocycles. The van der Waals surface area contributed by atoms with Gasteiger partial charge in [-0.05, 0) is 108 Å². The first-order valence-corrected chi connectivity index (χ1v) is 21.6. The summed E-state index contributed by atoms with van der Waals surface area (Å²) < 4.78 is 2.63. The third kappa shape index (κ3) is 6.84. The smallest absolute Gasteiger partial charge is 0.210 e. The fraction of sp³-hybridized carbons (Fsp3) is 0.327. The van der Waals surface area contributed by atoms with Gasteiger partial charge in [0.15, 0.2) is 5.71 Å². The predicted octanol–water partition coefficient (Wildman–Crippen LogP) is 14.4. The summed E-state index contributed by atoms with van der Waals surface area (Å²) in [6, 6.07) is 38.2. The summed E-state index contributed by atoms with van der Waals surface area (Å²) in [6.07, 6.45) is 18.0. The maximum Gasteiger partial charge on any atom is 0.210 e. The standard InChI is InChI=1S/C52H57N2S/c1-7-9-35-53-44-31-27-37-19-14-16-25-42(37)48(44)51(3,4)46(53)33-29-39-21-18-22-40(50(39)55-41-23-12-11-13-24-41)30-34-47-52(5,6)49-43-26-17-15-20-38(43)28-32-45(49)54(47)36-10-8-2/h11-17,19-20,23-34H,7-10,18,21-22,35-36H2,1-6H3/q+1. The summed E-state index contributed by atoms with van der Waals surface area (Å²) in [6.45, 7) is 16.4. The highest BCUT2D eigenvalue weighted by Crippen LogP contribution is 2.51. The molecule has 5 aromatic carbocycles. The Morgan fingerprint density at radius 3 is 2.07 bits per heavy atom. The van der Waals surface area contributed by atoms with Crippen molar-refractivity contribution in [3.05, 3.63) is 160 Å². The fourth-order valence-corrected chi connectivity index (χ4v) is 10.6. The Morgan fingerprint density at radius 2 is 1.35 bits per heavy atom. The van der Waals surface area contributed by atoms with Crippen molar-refractivity contribution in [1.82, 2.24) is 0 Å². The maximum absolute atomic E-state index is 2.63. The molecule has 8 rings (SSSR count). The second kappa shape index (κ2) is 15.5. The van der Waals surface area contributed by atoms with E-state index in [9.17, 15) is 0 Å². The minimum absolute atomic E-state index is 0.110. The molecule has 0 radical (unpaired) electrons. The van der Waals surface area contributed by atoms with E-state index in [0.717, 1.165) is 32.4 Å². The van der Waals surface area contributed by atoms with Gasteiger partial charge < -0.3 is 4.90 Å². The largest absolute Gasteiger partial charge is 0.344 e. The zero-order chi connectivity index (χ0) is 38.2. The zero-order valence-corrected chi connectivity index (χ0v) is 34.6. The minimum Gasteiger partial charge on any atom is -0.344 e. The molecule has 0 amide bonds. The number of unbranched alkanes of at least 4 members (excludes halogenated alkanes) is 2. The second-order valence-corrected chi connectivity index (χ2v) is 17.8. The highest BCUT2D eigenvalue weighted by atomic mass is 32.2. The van der Waals surface area contributed by atoms with Crippen LogP contribution in [0.4, 0.5) is 11.4 Å². The van der Waals surface area contributed by atoms with Crippen LogP contribution in [-0.4, -0.2) is 23.4 Å². The molecule has 0 saturated carbocycles. The van der Waals surface area contributed by atoms with Gasteiger partial charge in [-0.15, -0.1) is 0 Å². The maximum atomic E-state index is 2.63. The van der Waals surface area contributed by atoms with Gasteiger partial charge in [0.1, 0.15) is 6.54 Å². The Kier molecular flexibility index (Phi) is 10.5. The molecule has 0 bridgehead atoms. The highest BCUT2D eigenvalue weighted by molar-refractivity contribution is 8.03. The Labute approximate surface area is 334 Å². The Hall–Kier alpha value is -4.60. The van der Waals surface area contributed by atoms with Gasteiger partial charge in [0.2, 0.25) is 5.69 Å². The lowest BCUT2D eigenvalue weighted by molar-refractivity contribution is -0.438. The number of allylic oxidation sites excluding steroid dienone is 7. The van der Waals surface area contributed by atoms with Crippen LogP contribution in [0.25, 0.3) is 21.5 Å². The summed E-state index contributed by atoms with van der Waals surface area (Å²) in [4.78, 5) is 5.35. The first kappa shape index (κ1) is 37.3. The molecule has 0 N–H and O–H groups in total. The average molecular weight is 742 g/mol. The zero-order valence-electron chi connectivity index (χ0n) is 33.8. The van der Waals surface area contributed by atoms with Crippen molar-refractivity contribution < 1.29 is 4.58 Å². The van der Waals surface area contributed by atoms with Crippen LogP contribution >= 0.6 is 11.8 Å². The predicted molar refractivity (Wildman–Crippen MR) is 239 cm³/mol. The molecule has 280 valence electrons. The van der Waals surface area contributed by atoms with Gasteiger partial charge in [0.05, 0.1) is 5.41 Å². The van der Waals surface area contributed by atoms with Crippen molar-refractivity contribution in [3.63, 3.8) is 0 Å². The molecule has 2 heterocycles. The van der Waals surface area contributed by atoms with E-state index in [1.54, 1.807) is 0 Å². The van der Waals surface area contributed by atoms with Crippen LogP contribution in [0.1, 0.15) is 97.6 Å². The monoisotopic (exact) mass is 741 g/mol. The molecule has 55 heavy (non-hydrogen) atoms. The van der Waals surface area contributed by atoms with Gasteiger partial charge in [-0.25, -0.2) is 0 Å². The van der Waals surface area contributed by atoms with Gasteiger partial charge in [-0.1, -0.05) is 137 Å². The molecule has 3 aliphatic rings. The lowest BCUT2D eigenvalue weighted by Gasteiger charge is -2.27. The first-order chi connectivity index (χ1) is 26.7. The number of rotatable bonds is 11. The van der Waals surface area contributed by atoms with Crippen LogP contribution in [-0.2, 0) is 10.8 Å². The molecular weight excluding hydrogens is 685 g/mol. The van der Waals surface area contributed by atoms with Crippen LogP contribution < -0.4 is 4.90 Å². The van der Waals surface area contributed by atoms with Crippen LogP contribution in [0.15, 0.2) is 154 Å². The fourth-order valence-electron chi connectivity index (χ4n) is 9.50. The van der Waals surface area contributed by atoms with Crippen LogP contribution in [0, 0.1) is 0 Å². The summed E-state index contributed by atoms with van der Waals surface area (Å²) in [5, 5.41) is 5.41. The molecule has 2 aliphatic heterocycles. The Bertz CT molecular complexity index is 2400. The lowest BCUT2D eigenvalue weighted by Crippen LogP contribution is -2.28. The first-order valence-electron chi connectivity index (χ1n) is 20.8. The van der Waals surface area contributed by atoms with Crippen molar-refractivity contribution in [3.8, 4) is 0 Å². The normalized spacial score (nSPS) is 19.1. The molecule has 0 spiro atoms. The molecule has 0 saturated heterocycles. The van der Waals surface area contributed by atoms with E-state index >= 15 is 0 Å². The molecular formula is C52H57N2S+. The van der Waals surface area contributed by atoms with E-state index < -0.39 is 0 Å². The molecule has 0 fully saturated rings. The van der Waals surface area contributed by atoms with Crippen molar-refractivity contribution in [2.75, 3.05) is 18.0 Å². The van der Waals surface area contributed by atoms with E-state index in [2.05, 4.69) is 178 Å². The number of thioether (sulfide) groups is 1. The summed E-state index contributed by atoms with van der Waals surface area (Å²) in [7, 11) is 0. The van der Waals surface area contributed by atoms with Gasteiger partial charge in [0.25, 0.3) is 0 Å². The van der Waals surface area contributed by atoms with Crippen molar-refractivity contribution in [2.45, 2.75) is 102 Å². The van der Waals surface area contributed by atoms with Gasteiger partial charge >= 0.3 is 0 Å². The molecule has 3 heteroatoms. The third-order valence-corrected chi connectivity index (χ3v) is 13.5. The van der Waals surface area contributed by atoms with Gasteiger partial charge in [-0.2, -0.15) is 4.58 Å². The minimum atomic E-state index is -0.110. The van der Waals surface area contributed by atoms with Crippen LogP contribution in [0.3, 0.4) is 0 Å². The van der Waals surface area contributed by atoms with E-state index in [0.29, 0.717) is 0 Å². The number of anilines is 1. The quantitative estimate of drug-likeness (QED) is 0.124. The molecule has 1 aliphatic carbocycles. The van der Waals surface area contributed by atoms with Crippen molar-refractivity contribution >= 4 is 50.4 Å². The van der Waals surface area contributed by atoms with Crippen LogP contribution in [0.5, 0.6) is 0 Å². The summed E-state index contributed by atoms with van der Waals surface area (Å²) in [5.41, 5.74) is 11.2. The number of fused-ring (bicyclic) bond motifs is 6. The Morgan fingerprint density at radius 1 is 0.673 bits per heavy atom. The Balaban J connectivity index is 1.24. The lowest BCUT2D eigenvalue weighted by atomic mass is 9.78. The van der Waals surface area contributed by atoms with Crippen LogP contribution in [0.2, 0.25) is 0 Å². The third-order valence-electron chi connectivity index (χ3n) is 12.3. The SMILES string of the molecule is CCCCN1/C(=C/C=C2\CCCC(/C=C/C3=[N+](CCCC)c4ccc5ccccc5c4C3(C)C)=C2Sc2ccccc2)C(C)(C)c2c1ccc1ccccc21. The second-order valence-electron chi connectivity index (χ2n) is 16.7. The highest BCUT2D eigenvalue weighted by Gasteiger charge is 2.45. The number of hydrogen-bond acceptors (Lipinski definition) is 2. The molecule has 2 nitrogen and oxygen atoms in total. The van der Waals surface area contributed by atoms with Crippen molar-refractivity contribution in [2.24, 2.45) is 0 Å². The summed E-state index contributed by atoms with van der Waals surface area (Å²) in [5.74, 6) is 0. The van der Waals surface area contributed by atoms with E-state index in [4.69, 9.17) is 0 Å².